The lowest BCUT2D eigenvalue weighted by Gasteiger charge is -2.23. The molecule has 1 aromatic heterocycles. The van der Waals surface area contributed by atoms with Crippen molar-refractivity contribution in [2.24, 2.45) is 0 Å². The fourth-order valence-corrected chi connectivity index (χ4v) is 3.71. The number of nitrogens with one attached hydrogen (secondary N) is 2. The summed E-state index contributed by atoms with van der Waals surface area (Å²) in [5.74, 6) is -2.73. The number of hydrogen-bond donors (Lipinski definition) is 3. The molecule has 3 N–H and O–H groups in total. The number of aryl methyl sites for hydroxylation is 1. The zero-order valence-electron chi connectivity index (χ0n) is 14.4. The largest absolute Gasteiger partial charge is 0.479 e. The molecule has 1 aliphatic rings. The molecule has 1 aromatic carbocycles. The second-order valence-electron chi connectivity index (χ2n) is 6.23. The predicted molar refractivity (Wildman–Crippen MR) is 96.7 cm³/mol. The number of aliphatic carboxylic acids is 1. The number of carbonyl (C=O) groups excluding carboxylic acids is 2. The van der Waals surface area contributed by atoms with Gasteiger partial charge in [-0.25, -0.2) is 9.18 Å². The van der Waals surface area contributed by atoms with E-state index in [0.29, 0.717) is 10.6 Å². The first-order valence-corrected chi connectivity index (χ1v) is 8.93. The average molecular weight is 392 g/mol. The van der Waals surface area contributed by atoms with Gasteiger partial charge in [-0.05, 0) is 36.8 Å². The summed E-state index contributed by atoms with van der Waals surface area (Å²) in [6, 6.07) is 6.86. The summed E-state index contributed by atoms with van der Waals surface area (Å²) < 4.78 is 18.4. The van der Waals surface area contributed by atoms with Crippen LogP contribution in [0.3, 0.4) is 0 Å². The Morgan fingerprint density at radius 1 is 1.26 bits per heavy atom. The van der Waals surface area contributed by atoms with E-state index in [2.05, 4.69) is 10.6 Å². The van der Waals surface area contributed by atoms with Gasteiger partial charge in [0.05, 0.1) is 16.5 Å². The van der Waals surface area contributed by atoms with Gasteiger partial charge >= 0.3 is 5.97 Å². The molecule has 2 heterocycles. The van der Waals surface area contributed by atoms with Gasteiger partial charge in [-0.3, -0.25) is 9.59 Å². The molecule has 0 saturated carbocycles. The van der Waals surface area contributed by atoms with Gasteiger partial charge in [0, 0.05) is 18.6 Å². The average Bonchev–Trinajstić information content (AvgIpc) is 3.22. The molecule has 2 amide bonds. The minimum atomic E-state index is -1.45. The van der Waals surface area contributed by atoms with Crippen molar-refractivity contribution in [1.82, 2.24) is 5.32 Å². The topological polar surface area (TPSA) is 105 Å². The zero-order valence-corrected chi connectivity index (χ0v) is 15.2. The number of amides is 2. The standard InChI is InChI=1S/C18H17FN2O5S/c1-10-7-13(20-15(22)11-3-2-4-12(19)8-11)27-14(10)16(23)21-18(17(24)25)5-6-26-9-18/h2-4,7-8H,5-6,9H2,1H3,(H,20,22)(H,21,23)(H,24,25). The van der Waals surface area contributed by atoms with Gasteiger partial charge in [0.25, 0.3) is 11.8 Å². The van der Waals surface area contributed by atoms with Crippen molar-refractivity contribution in [1.29, 1.82) is 0 Å². The Labute approximate surface area is 158 Å². The van der Waals surface area contributed by atoms with Crippen LogP contribution < -0.4 is 10.6 Å². The molecule has 27 heavy (non-hydrogen) atoms. The highest BCUT2D eigenvalue weighted by Crippen LogP contribution is 2.28. The zero-order chi connectivity index (χ0) is 19.6. The summed E-state index contributed by atoms with van der Waals surface area (Å²) in [5.41, 5.74) is -0.704. The summed E-state index contributed by atoms with van der Waals surface area (Å²) in [5, 5.41) is 15.0. The SMILES string of the molecule is Cc1cc(NC(=O)c2cccc(F)c2)sc1C(=O)NC1(C(=O)O)CCOC1. The molecular weight excluding hydrogens is 375 g/mol. The van der Waals surface area contributed by atoms with Crippen molar-refractivity contribution in [3.63, 3.8) is 0 Å². The number of hydrogen-bond acceptors (Lipinski definition) is 5. The summed E-state index contributed by atoms with van der Waals surface area (Å²) >= 11 is 1.02. The molecule has 1 atom stereocenters. The van der Waals surface area contributed by atoms with Crippen LogP contribution in [0.2, 0.25) is 0 Å². The molecule has 7 nitrogen and oxygen atoms in total. The molecule has 3 rings (SSSR count). The summed E-state index contributed by atoms with van der Waals surface area (Å²) in [6.45, 7) is 1.84. The maximum Gasteiger partial charge on any atom is 0.331 e. The molecule has 1 unspecified atom stereocenters. The number of benzene rings is 1. The summed E-state index contributed by atoms with van der Waals surface area (Å²) in [7, 11) is 0. The maximum atomic E-state index is 13.2. The number of rotatable bonds is 5. The third-order valence-electron chi connectivity index (χ3n) is 4.23. The number of thiophene rings is 1. The number of halogens is 1. The van der Waals surface area contributed by atoms with Crippen LogP contribution in [-0.4, -0.2) is 41.6 Å². The molecule has 1 fully saturated rings. The van der Waals surface area contributed by atoms with Crippen molar-refractivity contribution >= 4 is 34.1 Å². The third-order valence-corrected chi connectivity index (χ3v) is 5.38. The van der Waals surface area contributed by atoms with Crippen LogP contribution in [0.4, 0.5) is 9.39 Å². The number of carbonyl (C=O) groups is 3. The van der Waals surface area contributed by atoms with E-state index in [1.165, 1.54) is 18.2 Å². The van der Waals surface area contributed by atoms with Crippen molar-refractivity contribution in [2.75, 3.05) is 18.5 Å². The van der Waals surface area contributed by atoms with E-state index in [4.69, 9.17) is 4.74 Å². The molecule has 1 saturated heterocycles. The summed E-state index contributed by atoms with van der Waals surface area (Å²) in [4.78, 5) is 36.6. The van der Waals surface area contributed by atoms with Crippen LogP contribution in [-0.2, 0) is 9.53 Å². The van der Waals surface area contributed by atoms with Gasteiger partial charge in [-0.2, -0.15) is 0 Å². The van der Waals surface area contributed by atoms with Gasteiger partial charge in [0.15, 0.2) is 5.54 Å². The van der Waals surface area contributed by atoms with Crippen LogP contribution in [0.25, 0.3) is 0 Å². The molecule has 0 aliphatic carbocycles. The first kappa shape index (κ1) is 19.0. The minimum absolute atomic E-state index is 0.0956. The highest BCUT2D eigenvalue weighted by molar-refractivity contribution is 7.18. The Bertz CT molecular complexity index is 905. The van der Waals surface area contributed by atoms with E-state index in [9.17, 15) is 23.9 Å². The lowest BCUT2D eigenvalue weighted by atomic mass is 9.99. The first-order chi connectivity index (χ1) is 12.8. The molecule has 142 valence electrons. The monoisotopic (exact) mass is 392 g/mol. The highest BCUT2D eigenvalue weighted by Gasteiger charge is 2.44. The number of anilines is 1. The minimum Gasteiger partial charge on any atom is -0.479 e. The smallest absolute Gasteiger partial charge is 0.331 e. The Hall–Kier alpha value is -2.78. The van der Waals surface area contributed by atoms with E-state index in [-0.39, 0.29) is 30.1 Å². The number of ether oxygens (including phenoxy) is 1. The van der Waals surface area contributed by atoms with Crippen molar-refractivity contribution < 1.29 is 28.6 Å². The van der Waals surface area contributed by atoms with Crippen LogP contribution in [0.5, 0.6) is 0 Å². The van der Waals surface area contributed by atoms with Gasteiger partial charge in [-0.1, -0.05) is 6.07 Å². The van der Waals surface area contributed by atoms with Crippen molar-refractivity contribution in [2.45, 2.75) is 18.9 Å². The molecule has 0 radical (unpaired) electrons. The quantitative estimate of drug-likeness (QED) is 0.725. The first-order valence-electron chi connectivity index (χ1n) is 8.12. The van der Waals surface area contributed by atoms with Crippen LogP contribution in [0, 0.1) is 12.7 Å². The highest BCUT2D eigenvalue weighted by atomic mass is 32.1. The molecule has 0 bridgehead atoms. The molecule has 0 spiro atoms. The van der Waals surface area contributed by atoms with E-state index in [1.807, 2.05) is 0 Å². The van der Waals surface area contributed by atoms with Crippen molar-refractivity contribution in [3.05, 3.63) is 52.2 Å². The Balaban J connectivity index is 1.75. The van der Waals surface area contributed by atoms with Crippen molar-refractivity contribution in [3.8, 4) is 0 Å². The molecule has 2 aromatic rings. The Morgan fingerprint density at radius 3 is 2.67 bits per heavy atom. The summed E-state index contributed by atoms with van der Waals surface area (Å²) in [6.07, 6.45) is 0.182. The van der Waals surface area contributed by atoms with E-state index in [1.54, 1.807) is 13.0 Å². The van der Waals surface area contributed by atoms with Crippen LogP contribution in [0.15, 0.2) is 30.3 Å². The van der Waals surface area contributed by atoms with Gasteiger partial charge in [0.2, 0.25) is 0 Å². The molecule has 1 aliphatic heterocycles. The predicted octanol–water partition coefficient (Wildman–Crippen LogP) is 2.42. The lowest BCUT2D eigenvalue weighted by Crippen LogP contribution is -2.55. The number of carboxylic acids is 1. The molecular formula is C18H17FN2O5S. The second-order valence-corrected chi connectivity index (χ2v) is 7.28. The fourth-order valence-electron chi connectivity index (χ4n) is 2.74. The van der Waals surface area contributed by atoms with E-state index >= 15 is 0 Å². The number of carboxylic acid groups (broad SMARTS) is 1. The van der Waals surface area contributed by atoms with Crippen LogP contribution >= 0.6 is 11.3 Å². The van der Waals surface area contributed by atoms with Gasteiger partial charge in [0.1, 0.15) is 5.82 Å². The van der Waals surface area contributed by atoms with E-state index in [0.717, 1.165) is 17.4 Å². The Morgan fingerprint density at radius 2 is 2.04 bits per heavy atom. The molecule has 9 heteroatoms. The van der Waals surface area contributed by atoms with E-state index < -0.39 is 29.1 Å². The Kier molecular flexibility index (Phi) is 5.24. The lowest BCUT2D eigenvalue weighted by molar-refractivity contribution is -0.144. The van der Waals surface area contributed by atoms with Gasteiger partial charge in [-0.15, -0.1) is 11.3 Å². The third kappa shape index (κ3) is 3.99. The fraction of sp³-hybridized carbons (Fsp3) is 0.278. The van der Waals surface area contributed by atoms with Gasteiger partial charge < -0.3 is 20.5 Å². The maximum absolute atomic E-state index is 13.2. The second kappa shape index (κ2) is 7.45. The van der Waals surface area contributed by atoms with Crippen LogP contribution in [0.1, 0.15) is 32.0 Å². The normalized spacial score (nSPS) is 18.9.